The molecule has 1 amide bonds. The van der Waals surface area contributed by atoms with Crippen LogP contribution in [-0.2, 0) is 21.2 Å². The van der Waals surface area contributed by atoms with Crippen LogP contribution in [-0.4, -0.2) is 27.5 Å². The molecule has 0 unspecified atom stereocenters. The van der Waals surface area contributed by atoms with Crippen molar-refractivity contribution in [3.05, 3.63) is 58.1 Å². The average Bonchev–Trinajstić information content (AvgIpc) is 2.55. The minimum atomic E-state index is -3.70. The molecule has 0 aromatic heterocycles. The Morgan fingerprint density at radius 2 is 1.76 bits per heavy atom. The summed E-state index contributed by atoms with van der Waals surface area (Å²) in [5.41, 5.74) is 0.873. The number of rotatable bonds is 7. The van der Waals surface area contributed by atoms with Crippen molar-refractivity contribution in [2.75, 3.05) is 13.2 Å². The molecular formula is C16H16Cl2N2O4S. The number of sulfonamides is 1. The van der Waals surface area contributed by atoms with E-state index >= 15 is 0 Å². The first-order valence-corrected chi connectivity index (χ1v) is 9.52. The van der Waals surface area contributed by atoms with E-state index < -0.39 is 10.0 Å². The minimum Gasteiger partial charge on any atom is -0.484 e. The summed E-state index contributed by atoms with van der Waals surface area (Å²) in [5, 5.41) is 8.50. The highest BCUT2D eigenvalue weighted by molar-refractivity contribution is 7.89. The zero-order valence-corrected chi connectivity index (χ0v) is 15.4. The van der Waals surface area contributed by atoms with Crippen molar-refractivity contribution >= 4 is 39.1 Å². The van der Waals surface area contributed by atoms with Crippen LogP contribution < -0.4 is 15.2 Å². The van der Waals surface area contributed by atoms with Gasteiger partial charge in [0.1, 0.15) is 5.75 Å². The summed E-state index contributed by atoms with van der Waals surface area (Å²) in [6.45, 7) is 0.237. The highest BCUT2D eigenvalue weighted by Crippen LogP contribution is 2.26. The zero-order valence-electron chi connectivity index (χ0n) is 13.0. The number of nitrogens with one attached hydrogen (secondary N) is 1. The number of primary sulfonamides is 1. The van der Waals surface area contributed by atoms with Crippen LogP contribution in [0.5, 0.6) is 5.75 Å². The Balaban J connectivity index is 1.75. The molecule has 0 saturated heterocycles. The normalized spacial score (nSPS) is 11.2. The van der Waals surface area contributed by atoms with Crippen molar-refractivity contribution in [2.24, 2.45) is 5.14 Å². The molecule has 0 fully saturated rings. The summed E-state index contributed by atoms with van der Waals surface area (Å²) in [4.78, 5) is 11.8. The number of halogens is 2. The van der Waals surface area contributed by atoms with Crippen LogP contribution in [0.3, 0.4) is 0 Å². The molecule has 6 nitrogen and oxygen atoms in total. The molecule has 2 rings (SSSR count). The highest BCUT2D eigenvalue weighted by Gasteiger charge is 2.07. The number of carbonyl (C=O) groups excluding carboxylic acids is 1. The summed E-state index contributed by atoms with van der Waals surface area (Å²) in [6.07, 6.45) is 0.545. The van der Waals surface area contributed by atoms with Gasteiger partial charge in [0, 0.05) is 12.6 Å². The van der Waals surface area contributed by atoms with Gasteiger partial charge in [-0.1, -0.05) is 35.3 Å². The Hall–Kier alpha value is -1.80. The van der Waals surface area contributed by atoms with Gasteiger partial charge in [-0.15, -0.1) is 0 Å². The lowest BCUT2D eigenvalue weighted by atomic mass is 10.1. The Morgan fingerprint density at radius 1 is 1.08 bits per heavy atom. The maximum absolute atomic E-state index is 11.8. The van der Waals surface area contributed by atoms with Crippen LogP contribution in [0, 0.1) is 0 Å². The maximum Gasteiger partial charge on any atom is 0.257 e. The van der Waals surface area contributed by atoms with E-state index in [0.29, 0.717) is 28.8 Å². The average molecular weight is 403 g/mol. The van der Waals surface area contributed by atoms with E-state index in [0.717, 1.165) is 5.56 Å². The second-order valence-electron chi connectivity index (χ2n) is 5.15. The van der Waals surface area contributed by atoms with Gasteiger partial charge in [-0.05, 0) is 36.2 Å². The van der Waals surface area contributed by atoms with Gasteiger partial charge in [0.05, 0.1) is 14.9 Å². The molecule has 0 spiro atoms. The van der Waals surface area contributed by atoms with E-state index in [4.69, 9.17) is 33.1 Å². The van der Waals surface area contributed by atoms with Crippen molar-refractivity contribution in [3.63, 3.8) is 0 Å². The first-order valence-electron chi connectivity index (χ1n) is 7.22. The van der Waals surface area contributed by atoms with E-state index in [1.54, 1.807) is 24.3 Å². The third-order valence-corrected chi connectivity index (χ3v) is 4.92. The van der Waals surface area contributed by atoms with Crippen LogP contribution >= 0.6 is 23.2 Å². The number of hydrogen-bond acceptors (Lipinski definition) is 4. The SMILES string of the molecule is NS(=O)(=O)c1ccc(CCNC(=O)COc2ccc(Cl)c(Cl)c2)cc1. The van der Waals surface area contributed by atoms with Gasteiger partial charge in [0.15, 0.2) is 6.61 Å². The molecule has 25 heavy (non-hydrogen) atoms. The number of hydrogen-bond donors (Lipinski definition) is 2. The van der Waals surface area contributed by atoms with Crippen molar-refractivity contribution < 1.29 is 17.9 Å². The molecule has 0 aliphatic carbocycles. The number of benzene rings is 2. The molecule has 2 aromatic carbocycles. The van der Waals surface area contributed by atoms with Crippen LogP contribution in [0.15, 0.2) is 47.4 Å². The van der Waals surface area contributed by atoms with Gasteiger partial charge in [0.25, 0.3) is 5.91 Å². The molecule has 0 heterocycles. The lowest BCUT2D eigenvalue weighted by Gasteiger charge is -2.08. The monoisotopic (exact) mass is 402 g/mol. The second-order valence-corrected chi connectivity index (χ2v) is 7.53. The van der Waals surface area contributed by atoms with Gasteiger partial charge in [-0.3, -0.25) is 4.79 Å². The van der Waals surface area contributed by atoms with Crippen LogP contribution in [0.1, 0.15) is 5.56 Å². The summed E-state index contributed by atoms with van der Waals surface area (Å²) >= 11 is 11.7. The molecule has 0 aliphatic rings. The largest absolute Gasteiger partial charge is 0.484 e. The van der Waals surface area contributed by atoms with E-state index in [9.17, 15) is 13.2 Å². The second kappa shape index (κ2) is 8.53. The maximum atomic E-state index is 11.8. The molecular weight excluding hydrogens is 387 g/mol. The topological polar surface area (TPSA) is 98.5 Å². The number of carbonyl (C=O) groups is 1. The van der Waals surface area contributed by atoms with Gasteiger partial charge in [-0.25, -0.2) is 13.6 Å². The smallest absolute Gasteiger partial charge is 0.257 e. The van der Waals surface area contributed by atoms with Crippen LogP contribution in [0.2, 0.25) is 10.0 Å². The van der Waals surface area contributed by atoms with Crippen molar-refractivity contribution in [2.45, 2.75) is 11.3 Å². The fourth-order valence-corrected chi connectivity index (χ4v) is 2.76. The number of ether oxygens (including phenoxy) is 1. The van der Waals surface area contributed by atoms with Gasteiger partial charge in [-0.2, -0.15) is 0 Å². The Kier molecular flexibility index (Phi) is 6.66. The third-order valence-electron chi connectivity index (χ3n) is 3.25. The first kappa shape index (κ1) is 19.5. The quantitative estimate of drug-likeness (QED) is 0.742. The Labute approximate surface area is 155 Å². The van der Waals surface area contributed by atoms with E-state index in [2.05, 4.69) is 5.32 Å². The Bertz CT molecular complexity index is 855. The predicted octanol–water partition coefficient (Wildman–Crippen LogP) is 2.38. The van der Waals surface area contributed by atoms with Crippen molar-refractivity contribution in [3.8, 4) is 5.75 Å². The molecule has 0 atom stereocenters. The molecule has 0 aliphatic heterocycles. The van der Waals surface area contributed by atoms with E-state index in [1.807, 2.05) is 0 Å². The van der Waals surface area contributed by atoms with Crippen molar-refractivity contribution in [1.82, 2.24) is 5.32 Å². The van der Waals surface area contributed by atoms with E-state index in [1.165, 1.54) is 18.2 Å². The molecule has 0 saturated carbocycles. The summed E-state index contributed by atoms with van der Waals surface area (Å²) in [7, 11) is -3.70. The lowest BCUT2D eigenvalue weighted by Crippen LogP contribution is -2.30. The van der Waals surface area contributed by atoms with Crippen molar-refractivity contribution in [1.29, 1.82) is 0 Å². The molecule has 0 bridgehead atoms. The molecule has 2 aromatic rings. The van der Waals surface area contributed by atoms with Gasteiger partial charge < -0.3 is 10.1 Å². The van der Waals surface area contributed by atoms with Crippen LogP contribution in [0.25, 0.3) is 0 Å². The van der Waals surface area contributed by atoms with Gasteiger partial charge >= 0.3 is 0 Å². The lowest BCUT2D eigenvalue weighted by molar-refractivity contribution is -0.123. The first-order chi connectivity index (χ1) is 11.8. The zero-order chi connectivity index (χ0) is 18.4. The fourth-order valence-electron chi connectivity index (χ4n) is 1.96. The molecule has 3 N–H and O–H groups in total. The summed E-state index contributed by atoms with van der Waals surface area (Å²) in [5.74, 6) is 0.162. The number of nitrogens with two attached hydrogens (primary N) is 1. The summed E-state index contributed by atoms with van der Waals surface area (Å²) < 4.78 is 27.7. The third kappa shape index (κ3) is 6.21. The number of amides is 1. The molecule has 0 radical (unpaired) electrons. The summed E-state index contributed by atoms with van der Waals surface area (Å²) in [6, 6.07) is 10.9. The minimum absolute atomic E-state index is 0.0512. The molecule has 134 valence electrons. The van der Waals surface area contributed by atoms with Crippen LogP contribution in [0.4, 0.5) is 0 Å². The highest BCUT2D eigenvalue weighted by atomic mass is 35.5. The van der Waals surface area contributed by atoms with E-state index in [-0.39, 0.29) is 17.4 Å². The standard InChI is InChI=1S/C16H16Cl2N2O4S/c17-14-6-3-12(9-15(14)18)24-10-16(21)20-8-7-11-1-4-13(5-2-11)25(19,22)23/h1-6,9H,7-8,10H2,(H,20,21)(H2,19,22,23). The fraction of sp³-hybridized carbons (Fsp3) is 0.188. The predicted molar refractivity (Wildman–Crippen MR) is 96.5 cm³/mol. The van der Waals surface area contributed by atoms with Gasteiger partial charge in [0.2, 0.25) is 10.0 Å². The molecule has 9 heteroatoms. The Morgan fingerprint density at radius 3 is 2.36 bits per heavy atom.